The first kappa shape index (κ1) is 23.9. The highest BCUT2D eigenvalue weighted by molar-refractivity contribution is 9.11. The van der Waals surface area contributed by atoms with Crippen LogP contribution in [0.1, 0.15) is 22.3 Å². The van der Waals surface area contributed by atoms with Crippen LogP contribution in [0.25, 0.3) is 44.5 Å². The summed E-state index contributed by atoms with van der Waals surface area (Å²) in [6, 6.07) is 22.1. The molecule has 2 aliphatic carbocycles. The van der Waals surface area contributed by atoms with Gasteiger partial charge in [0.15, 0.2) is 23.3 Å². The largest absolute Gasteiger partial charge is 0.203 e. The van der Waals surface area contributed by atoms with Crippen LogP contribution in [0, 0.1) is 23.3 Å². The second-order valence-corrected chi connectivity index (χ2v) is 11.2. The lowest BCUT2D eigenvalue weighted by molar-refractivity contribution is 0.507. The van der Waals surface area contributed by atoms with Crippen molar-refractivity contribution >= 4 is 31.9 Å². The SMILES string of the molecule is Fc1c(F)c2c(c(-c3ccc(-c4c(Br)c(F)c(F)c5c4Cc4ccccc4-5)cc3)c1Br)Cc1ccccc1-2. The Morgan fingerprint density at radius 2 is 0.816 bits per heavy atom. The average Bonchev–Trinajstić information content (AvgIpc) is 3.50. The number of halogens is 6. The first-order valence-electron chi connectivity index (χ1n) is 12.0. The van der Waals surface area contributed by atoms with Crippen molar-refractivity contribution in [3.63, 3.8) is 0 Å². The highest BCUT2D eigenvalue weighted by Crippen LogP contribution is 2.50. The van der Waals surface area contributed by atoms with Gasteiger partial charge in [0, 0.05) is 22.3 Å². The number of hydrogen-bond donors (Lipinski definition) is 0. The maximum atomic E-state index is 15.1. The summed E-state index contributed by atoms with van der Waals surface area (Å²) in [5.41, 5.74) is 7.87. The molecule has 0 fully saturated rings. The van der Waals surface area contributed by atoms with Gasteiger partial charge < -0.3 is 0 Å². The molecular weight excluding hydrogens is 620 g/mol. The Bertz CT molecular complexity index is 1690. The van der Waals surface area contributed by atoms with E-state index < -0.39 is 23.3 Å². The van der Waals surface area contributed by atoms with E-state index >= 15 is 17.6 Å². The average molecular weight is 636 g/mol. The number of fused-ring (bicyclic) bond motifs is 6. The normalized spacial score (nSPS) is 12.8. The Morgan fingerprint density at radius 3 is 1.21 bits per heavy atom. The lowest BCUT2D eigenvalue weighted by Gasteiger charge is -2.17. The lowest BCUT2D eigenvalue weighted by atomic mass is 9.91. The van der Waals surface area contributed by atoms with Crippen LogP contribution in [-0.2, 0) is 12.8 Å². The Labute approximate surface area is 233 Å². The summed E-state index contributed by atoms with van der Waals surface area (Å²) in [7, 11) is 0. The zero-order valence-electron chi connectivity index (χ0n) is 19.6. The van der Waals surface area contributed by atoms with Crippen LogP contribution >= 0.6 is 31.9 Å². The fourth-order valence-corrected chi connectivity index (χ4v) is 7.23. The van der Waals surface area contributed by atoms with Gasteiger partial charge in [-0.1, -0.05) is 72.8 Å². The molecule has 5 aromatic carbocycles. The van der Waals surface area contributed by atoms with Crippen molar-refractivity contribution in [2.24, 2.45) is 0 Å². The molecule has 0 saturated heterocycles. The van der Waals surface area contributed by atoms with Gasteiger partial charge in [-0.3, -0.25) is 0 Å². The quantitative estimate of drug-likeness (QED) is 0.131. The molecule has 186 valence electrons. The molecule has 0 aromatic heterocycles. The van der Waals surface area contributed by atoms with Crippen LogP contribution in [0.5, 0.6) is 0 Å². The molecular formula is C32H16Br2F4. The zero-order valence-corrected chi connectivity index (χ0v) is 22.8. The molecule has 0 unspecified atom stereocenters. The van der Waals surface area contributed by atoms with Crippen molar-refractivity contribution in [2.45, 2.75) is 12.8 Å². The molecule has 0 nitrogen and oxygen atoms in total. The first-order chi connectivity index (χ1) is 18.4. The number of rotatable bonds is 2. The highest BCUT2D eigenvalue weighted by atomic mass is 79.9. The Hall–Kier alpha value is -3.22. The van der Waals surface area contributed by atoms with Gasteiger partial charge in [0.1, 0.15) is 0 Å². The van der Waals surface area contributed by atoms with Gasteiger partial charge in [0.25, 0.3) is 0 Å². The minimum atomic E-state index is -0.932. The molecule has 0 heterocycles. The van der Waals surface area contributed by atoms with E-state index in [0.717, 1.165) is 22.3 Å². The Morgan fingerprint density at radius 1 is 0.447 bits per heavy atom. The summed E-state index contributed by atoms with van der Waals surface area (Å²) < 4.78 is 60.5. The van der Waals surface area contributed by atoms with Gasteiger partial charge in [-0.05, 0) is 89.2 Å². The van der Waals surface area contributed by atoms with E-state index in [0.29, 0.717) is 57.3 Å². The van der Waals surface area contributed by atoms with E-state index in [2.05, 4.69) is 31.9 Å². The molecule has 5 aromatic rings. The molecule has 38 heavy (non-hydrogen) atoms. The number of hydrogen-bond acceptors (Lipinski definition) is 0. The highest BCUT2D eigenvalue weighted by Gasteiger charge is 2.32. The van der Waals surface area contributed by atoms with Crippen LogP contribution < -0.4 is 0 Å². The molecule has 0 spiro atoms. The van der Waals surface area contributed by atoms with E-state index in [1.165, 1.54) is 0 Å². The molecule has 0 amide bonds. The van der Waals surface area contributed by atoms with Gasteiger partial charge in [-0.25, -0.2) is 17.6 Å². The van der Waals surface area contributed by atoms with E-state index in [1.807, 2.05) is 72.8 Å². The first-order valence-corrected chi connectivity index (χ1v) is 13.6. The van der Waals surface area contributed by atoms with E-state index in [1.54, 1.807) is 0 Å². The molecule has 7 rings (SSSR count). The van der Waals surface area contributed by atoms with Gasteiger partial charge in [-0.2, -0.15) is 0 Å². The van der Waals surface area contributed by atoms with E-state index in [9.17, 15) is 0 Å². The maximum Gasteiger partial charge on any atom is 0.174 e. The van der Waals surface area contributed by atoms with E-state index in [4.69, 9.17) is 0 Å². The number of benzene rings is 5. The molecule has 0 saturated carbocycles. The van der Waals surface area contributed by atoms with E-state index in [-0.39, 0.29) is 8.95 Å². The summed E-state index contributed by atoms with van der Waals surface area (Å²) >= 11 is 6.60. The fourth-order valence-electron chi connectivity index (χ4n) is 5.95. The van der Waals surface area contributed by atoms with Crippen LogP contribution in [0.3, 0.4) is 0 Å². The predicted molar refractivity (Wildman–Crippen MR) is 149 cm³/mol. The molecule has 0 bridgehead atoms. The second-order valence-electron chi connectivity index (χ2n) is 9.59. The van der Waals surface area contributed by atoms with Crippen molar-refractivity contribution < 1.29 is 17.6 Å². The molecule has 6 heteroatoms. The van der Waals surface area contributed by atoms with Gasteiger partial charge in [0.05, 0.1) is 8.95 Å². The van der Waals surface area contributed by atoms with Crippen molar-refractivity contribution in [3.8, 4) is 44.5 Å². The Balaban J connectivity index is 1.39. The summed E-state index contributed by atoms with van der Waals surface area (Å²) in [4.78, 5) is 0. The molecule has 0 radical (unpaired) electrons. The van der Waals surface area contributed by atoms with Crippen LogP contribution in [0.4, 0.5) is 17.6 Å². The standard InChI is InChI=1S/C32H16Br2F4/c33-27-23(21-13-17-5-1-3-7-19(17)25(21)29(35)31(27)37)15-9-11-16(12-10-15)24-22-14-18-6-2-4-8-20(18)26(22)30(36)32(38)28(24)34/h1-12H,13-14H2. The predicted octanol–water partition coefficient (Wildman–Crippen LogP) is 10.2. The third-order valence-electron chi connectivity index (χ3n) is 7.63. The summed E-state index contributed by atoms with van der Waals surface area (Å²) in [6.07, 6.45) is 0.970. The van der Waals surface area contributed by atoms with Crippen molar-refractivity contribution in [1.29, 1.82) is 0 Å². The molecule has 2 aliphatic rings. The van der Waals surface area contributed by atoms with Gasteiger partial charge in [-0.15, -0.1) is 0 Å². The molecule has 0 N–H and O–H groups in total. The van der Waals surface area contributed by atoms with Gasteiger partial charge in [0.2, 0.25) is 0 Å². The zero-order chi connectivity index (χ0) is 26.3. The Kier molecular flexibility index (Phi) is 5.43. The van der Waals surface area contributed by atoms with Crippen molar-refractivity contribution in [2.75, 3.05) is 0 Å². The lowest BCUT2D eigenvalue weighted by Crippen LogP contribution is -2.00. The minimum Gasteiger partial charge on any atom is -0.203 e. The molecule has 0 aliphatic heterocycles. The minimum absolute atomic E-state index is 0.0691. The van der Waals surface area contributed by atoms with Crippen molar-refractivity contribution in [3.05, 3.63) is 127 Å². The maximum absolute atomic E-state index is 15.1. The second kappa shape index (κ2) is 8.65. The van der Waals surface area contributed by atoms with Crippen LogP contribution in [0.2, 0.25) is 0 Å². The van der Waals surface area contributed by atoms with Crippen molar-refractivity contribution in [1.82, 2.24) is 0 Å². The topological polar surface area (TPSA) is 0 Å². The smallest absolute Gasteiger partial charge is 0.174 e. The fraction of sp³-hybridized carbons (Fsp3) is 0.0625. The van der Waals surface area contributed by atoms with Crippen LogP contribution in [0.15, 0.2) is 81.7 Å². The monoisotopic (exact) mass is 634 g/mol. The van der Waals surface area contributed by atoms with Crippen LogP contribution in [-0.4, -0.2) is 0 Å². The third kappa shape index (κ3) is 3.26. The third-order valence-corrected chi connectivity index (χ3v) is 9.12. The summed E-state index contributed by atoms with van der Waals surface area (Å²) in [6.45, 7) is 0. The van der Waals surface area contributed by atoms with Gasteiger partial charge >= 0.3 is 0 Å². The molecule has 0 atom stereocenters. The summed E-state index contributed by atoms with van der Waals surface area (Å²) in [5.74, 6) is -3.59. The summed E-state index contributed by atoms with van der Waals surface area (Å²) in [5, 5.41) is 0.